The van der Waals surface area contributed by atoms with Crippen molar-refractivity contribution in [2.75, 3.05) is 0 Å². The molecule has 110 valence electrons. The third kappa shape index (κ3) is 4.16. The number of aromatic nitrogens is 3. The van der Waals surface area contributed by atoms with Crippen LogP contribution < -0.4 is 0 Å². The first-order valence-corrected chi connectivity index (χ1v) is 7.38. The van der Waals surface area contributed by atoms with Crippen molar-refractivity contribution in [3.63, 3.8) is 0 Å². The molecule has 0 fully saturated rings. The number of aliphatic hydroxyl groups is 1. The Bertz CT molecular complexity index is 564. The van der Waals surface area contributed by atoms with Crippen molar-refractivity contribution in [3.05, 3.63) is 34.8 Å². The van der Waals surface area contributed by atoms with E-state index in [0.717, 1.165) is 12.1 Å². The van der Waals surface area contributed by atoms with Gasteiger partial charge >= 0.3 is 14.5 Å². The van der Waals surface area contributed by atoms with Crippen LogP contribution in [0.1, 0.15) is 16.8 Å². The summed E-state index contributed by atoms with van der Waals surface area (Å²) in [5.74, 6) is -0.268. The normalized spacial score (nSPS) is 13.5. The highest BCUT2D eigenvalue weighted by Gasteiger charge is 2.26. The molecule has 0 aliphatic carbocycles. The highest BCUT2D eigenvalue weighted by atomic mass is 32.1. The van der Waals surface area contributed by atoms with Gasteiger partial charge in [0, 0.05) is 23.6 Å². The number of thiazole rings is 1. The predicted molar refractivity (Wildman–Crippen MR) is 83.0 cm³/mol. The molecule has 0 aliphatic rings. The van der Waals surface area contributed by atoms with Crippen molar-refractivity contribution >= 4 is 32.3 Å². The lowest BCUT2D eigenvalue weighted by atomic mass is 9.73. The highest BCUT2D eigenvalue weighted by molar-refractivity contribution is 7.09. The molecular weight excluding hydrogens is 290 g/mol. The summed E-state index contributed by atoms with van der Waals surface area (Å²) in [5, 5.41) is 29.2. The van der Waals surface area contributed by atoms with Gasteiger partial charge in [-0.05, 0) is 13.2 Å². The summed E-state index contributed by atoms with van der Waals surface area (Å²) in [5.41, 5.74) is 0.741. The summed E-state index contributed by atoms with van der Waals surface area (Å²) >= 11 is 1.37. The number of hydrogen-bond donors (Lipinski definition) is 3. The van der Waals surface area contributed by atoms with Crippen LogP contribution in [-0.4, -0.2) is 45.5 Å². The average Bonchev–Trinajstić information content (AvgIpc) is 3.13. The molecule has 10 heteroatoms. The summed E-state index contributed by atoms with van der Waals surface area (Å²) in [6.07, 6.45) is 5.46. The zero-order valence-corrected chi connectivity index (χ0v) is 12.4. The van der Waals surface area contributed by atoms with Gasteiger partial charge in [0.15, 0.2) is 0 Å². The van der Waals surface area contributed by atoms with E-state index in [2.05, 4.69) is 9.97 Å². The molecule has 0 saturated heterocycles. The van der Waals surface area contributed by atoms with E-state index in [1.165, 1.54) is 11.3 Å². The molecule has 0 aliphatic heterocycles. The summed E-state index contributed by atoms with van der Waals surface area (Å²) in [7, 11) is -0.447. The molecule has 2 rings (SSSR count). The minimum Gasteiger partial charge on any atom is -0.556 e. The molecule has 0 saturated carbocycles. The van der Waals surface area contributed by atoms with Crippen molar-refractivity contribution in [2.45, 2.75) is 25.2 Å². The molecule has 2 atom stereocenters. The van der Waals surface area contributed by atoms with Gasteiger partial charge in [0.2, 0.25) is 0 Å². The molecule has 0 bridgehead atoms. The van der Waals surface area contributed by atoms with E-state index in [4.69, 9.17) is 10.1 Å². The van der Waals surface area contributed by atoms with Gasteiger partial charge in [0.1, 0.15) is 17.5 Å². The van der Waals surface area contributed by atoms with Crippen LogP contribution >= 0.6 is 11.3 Å². The van der Waals surface area contributed by atoms with Gasteiger partial charge in [-0.25, -0.2) is 9.97 Å². The topological polar surface area (TPSA) is 104 Å². The minimum atomic E-state index is -0.776. The Kier molecular flexibility index (Phi) is 5.54. The summed E-state index contributed by atoms with van der Waals surface area (Å²) < 4.78 is 6.60. The van der Waals surface area contributed by atoms with Gasteiger partial charge < -0.3 is 19.3 Å². The first-order valence-electron chi connectivity index (χ1n) is 6.50. The van der Waals surface area contributed by atoms with Gasteiger partial charge in [-0.15, -0.1) is 11.3 Å². The van der Waals surface area contributed by atoms with E-state index in [9.17, 15) is 10.1 Å². The van der Waals surface area contributed by atoms with E-state index < -0.39 is 13.2 Å². The molecule has 0 amide bonds. The molecule has 21 heavy (non-hydrogen) atoms. The van der Waals surface area contributed by atoms with Gasteiger partial charge in [0.25, 0.3) is 0 Å². The Morgan fingerprint density at radius 1 is 1.62 bits per heavy atom. The maximum absolute atomic E-state index is 10.4. The molecule has 7 nitrogen and oxygen atoms in total. The van der Waals surface area contributed by atoms with Crippen molar-refractivity contribution < 1.29 is 14.8 Å². The molecule has 2 unspecified atom stereocenters. The average molecular weight is 306 g/mol. The van der Waals surface area contributed by atoms with Crippen molar-refractivity contribution in [1.29, 1.82) is 5.41 Å². The third-order valence-corrected chi connectivity index (χ3v) is 3.95. The monoisotopic (exact) mass is 306 g/mol. The Hall–Kier alpha value is -1.64. The summed E-state index contributed by atoms with van der Waals surface area (Å²) in [6.45, 7) is 1.64. The number of imidazole rings is 1. The molecule has 0 spiro atoms. The summed E-state index contributed by atoms with van der Waals surface area (Å²) in [4.78, 5) is 8.32. The Balaban J connectivity index is 2.09. The fourth-order valence-electron chi connectivity index (χ4n) is 1.97. The number of hydrogen-bond acceptors (Lipinski definition) is 7. The van der Waals surface area contributed by atoms with Crippen LogP contribution in [0.2, 0.25) is 12.6 Å². The fraction of sp³-hybridized carbons (Fsp3) is 0.364. The minimum absolute atomic E-state index is 0.200. The van der Waals surface area contributed by atoms with Gasteiger partial charge in [-0.1, -0.05) is 0 Å². The highest BCUT2D eigenvalue weighted by Crippen LogP contribution is 2.30. The third-order valence-electron chi connectivity index (χ3n) is 3.10. The maximum Gasteiger partial charge on any atom is 0.414 e. The van der Waals surface area contributed by atoms with Gasteiger partial charge in [-0.3, -0.25) is 5.41 Å². The van der Waals surface area contributed by atoms with E-state index in [1.54, 1.807) is 35.4 Å². The van der Waals surface area contributed by atoms with Crippen LogP contribution in [0.5, 0.6) is 0 Å². The van der Waals surface area contributed by atoms with Crippen molar-refractivity contribution in [3.8, 4) is 0 Å². The molecule has 2 aromatic rings. The van der Waals surface area contributed by atoms with E-state index in [-0.39, 0.29) is 13.3 Å². The molecule has 3 N–H and O–H groups in total. The lowest BCUT2D eigenvalue weighted by Gasteiger charge is -2.18. The van der Waals surface area contributed by atoms with E-state index in [0.29, 0.717) is 11.4 Å². The summed E-state index contributed by atoms with van der Waals surface area (Å²) in [6, 6.07) is 0. The quantitative estimate of drug-likeness (QED) is 0.370. The van der Waals surface area contributed by atoms with Crippen LogP contribution in [0.15, 0.2) is 24.1 Å². The zero-order valence-electron chi connectivity index (χ0n) is 11.6. The molecule has 2 heterocycles. The second kappa shape index (κ2) is 7.39. The number of rotatable bonds is 8. The molecule has 0 aromatic carbocycles. The van der Waals surface area contributed by atoms with Gasteiger partial charge in [-0.2, -0.15) is 0 Å². The van der Waals surface area contributed by atoms with Crippen LogP contribution in [0.3, 0.4) is 0 Å². The lowest BCUT2D eigenvalue weighted by molar-refractivity contribution is 0.163. The van der Waals surface area contributed by atoms with Crippen LogP contribution in [0.4, 0.5) is 0 Å². The number of nitrogens with one attached hydrogen (secondary N) is 1. The van der Waals surface area contributed by atoms with Gasteiger partial charge in [0.05, 0.1) is 12.0 Å². The first-order chi connectivity index (χ1) is 10.1. The van der Waals surface area contributed by atoms with E-state index >= 15 is 0 Å². The number of aliphatic hydroxyl groups excluding tert-OH is 1. The van der Waals surface area contributed by atoms with Crippen LogP contribution in [0.25, 0.3) is 0 Å². The zero-order chi connectivity index (χ0) is 15.2. The smallest absolute Gasteiger partial charge is 0.414 e. The van der Waals surface area contributed by atoms with Crippen molar-refractivity contribution in [2.24, 2.45) is 0 Å². The molecule has 0 radical (unpaired) electrons. The second-order valence-electron chi connectivity index (χ2n) is 4.67. The van der Waals surface area contributed by atoms with Crippen LogP contribution in [0, 0.1) is 5.41 Å². The SMILES string of the molecule is CB(O)n1cnc(CC(BOC=N)C(O)c2nccs2)c1. The Morgan fingerprint density at radius 3 is 3.00 bits per heavy atom. The Labute approximate surface area is 127 Å². The maximum atomic E-state index is 10.4. The predicted octanol–water partition coefficient (Wildman–Crippen LogP) is 0.338. The number of nitrogens with zero attached hydrogens (tertiary/aromatic N) is 3. The van der Waals surface area contributed by atoms with Crippen molar-refractivity contribution in [1.82, 2.24) is 14.4 Å². The Morgan fingerprint density at radius 2 is 2.43 bits per heavy atom. The van der Waals surface area contributed by atoms with Crippen LogP contribution in [-0.2, 0) is 11.1 Å². The standard InChI is InChI=1S/C11H16B2N4O3S/c1-13(19)17-5-8(16-7-17)4-9(12-20-6-14)10(18)11-15-2-3-21-11/h2-3,5-7,9-10,12,14,18-19H,4H2,1H3. The largest absolute Gasteiger partial charge is 0.556 e. The van der Waals surface area contributed by atoms with E-state index in [1.807, 2.05) is 0 Å². The first kappa shape index (κ1) is 15.7. The molecule has 2 aromatic heterocycles. The molecular formula is C11H16B2N4O3S. The lowest BCUT2D eigenvalue weighted by Crippen LogP contribution is -2.19. The fourth-order valence-corrected chi connectivity index (χ4v) is 2.69. The second-order valence-corrected chi connectivity index (χ2v) is 5.60.